The standard InChI is InChI=1S/C28H33N3/c1-22-9-8-14-28(15-22)31-21-25-17-23(19-29-26-10-4-2-5-11-26)16-24(18-25)20-30-27-12-6-3-7-13-27/h2,4-6,8,10-18,22,29-31H,3,7,9,19-21H2,1H3. The zero-order valence-corrected chi connectivity index (χ0v) is 18.4. The number of hydrogen-bond donors (Lipinski definition) is 3. The molecule has 2 aliphatic carbocycles. The lowest BCUT2D eigenvalue weighted by Gasteiger charge is -2.17. The van der Waals surface area contributed by atoms with Gasteiger partial charge in [0.2, 0.25) is 0 Å². The molecular weight excluding hydrogens is 378 g/mol. The lowest BCUT2D eigenvalue weighted by molar-refractivity contribution is 0.702. The maximum Gasteiger partial charge on any atom is 0.0401 e. The van der Waals surface area contributed by atoms with Crippen LogP contribution in [0, 0.1) is 5.92 Å². The van der Waals surface area contributed by atoms with Crippen LogP contribution in [0.1, 0.15) is 42.9 Å². The Hall–Kier alpha value is -3.20. The van der Waals surface area contributed by atoms with Crippen LogP contribution in [0.5, 0.6) is 0 Å². The molecule has 0 saturated carbocycles. The van der Waals surface area contributed by atoms with Crippen molar-refractivity contribution >= 4 is 5.69 Å². The molecule has 0 bridgehead atoms. The van der Waals surface area contributed by atoms with Crippen molar-refractivity contribution in [1.29, 1.82) is 0 Å². The molecule has 4 rings (SSSR count). The minimum absolute atomic E-state index is 0.602. The van der Waals surface area contributed by atoms with Gasteiger partial charge >= 0.3 is 0 Å². The van der Waals surface area contributed by atoms with Gasteiger partial charge in [-0.25, -0.2) is 0 Å². The molecule has 3 heteroatoms. The Bertz CT molecular complexity index is 983. The highest BCUT2D eigenvalue weighted by molar-refractivity contribution is 5.44. The highest BCUT2D eigenvalue weighted by Crippen LogP contribution is 2.17. The molecule has 3 nitrogen and oxygen atoms in total. The van der Waals surface area contributed by atoms with Gasteiger partial charge in [0.15, 0.2) is 0 Å². The third-order valence-electron chi connectivity index (χ3n) is 5.64. The SMILES string of the molecule is CC1C=C(NCc2cc(CNC3=CCCC=C3)cc(CNc3ccccc3)c2)C=CC1. The molecule has 0 aromatic heterocycles. The first-order valence-corrected chi connectivity index (χ1v) is 11.4. The van der Waals surface area contributed by atoms with E-state index in [2.05, 4.69) is 102 Å². The predicted molar refractivity (Wildman–Crippen MR) is 131 cm³/mol. The molecule has 0 amide bonds. The highest BCUT2D eigenvalue weighted by Gasteiger charge is 2.07. The molecule has 2 aliphatic rings. The maximum atomic E-state index is 3.61. The molecule has 2 aromatic carbocycles. The third-order valence-corrected chi connectivity index (χ3v) is 5.64. The molecule has 2 aromatic rings. The van der Waals surface area contributed by atoms with Crippen LogP contribution < -0.4 is 16.0 Å². The van der Waals surface area contributed by atoms with Gasteiger partial charge in [-0.2, -0.15) is 0 Å². The van der Waals surface area contributed by atoms with Crippen LogP contribution in [0.15, 0.2) is 96.4 Å². The summed E-state index contributed by atoms with van der Waals surface area (Å²) in [5.41, 5.74) is 7.52. The van der Waals surface area contributed by atoms with E-state index in [1.165, 1.54) is 28.1 Å². The summed E-state index contributed by atoms with van der Waals surface area (Å²) in [5, 5.41) is 10.7. The van der Waals surface area contributed by atoms with Crippen molar-refractivity contribution in [3.63, 3.8) is 0 Å². The number of nitrogens with one attached hydrogen (secondary N) is 3. The molecular formula is C28H33N3. The van der Waals surface area contributed by atoms with Crippen molar-refractivity contribution in [3.05, 3.63) is 113 Å². The summed E-state index contributed by atoms with van der Waals surface area (Å²) in [6, 6.07) is 17.3. The van der Waals surface area contributed by atoms with Gasteiger partial charge in [0.05, 0.1) is 0 Å². The van der Waals surface area contributed by atoms with Crippen LogP contribution in [-0.2, 0) is 19.6 Å². The first-order valence-electron chi connectivity index (χ1n) is 11.4. The number of allylic oxidation sites excluding steroid dienone is 6. The van der Waals surface area contributed by atoms with E-state index in [9.17, 15) is 0 Å². The van der Waals surface area contributed by atoms with E-state index < -0.39 is 0 Å². The average Bonchev–Trinajstić information content (AvgIpc) is 2.81. The monoisotopic (exact) mass is 411 g/mol. The van der Waals surface area contributed by atoms with Crippen molar-refractivity contribution < 1.29 is 0 Å². The Labute approximate surface area is 186 Å². The minimum atomic E-state index is 0.602. The Balaban J connectivity index is 1.45. The zero-order chi connectivity index (χ0) is 21.3. The van der Waals surface area contributed by atoms with Crippen LogP contribution >= 0.6 is 0 Å². The van der Waals surface area contributed by atoms with Gasteiger partial charge in [-0.1, -0.05) is 67.6 Å². The van der Waals surface area contributed by atoms with Gasteiger partial charge in [-0.3, -0.25) is 0 Å². The lowest BCUT2D eigenvalue weighted by Crippen LogP contribution is -2.16. The quantitative estimate of drug-likeness (QED) is 0.460. The molecule has 31 heavy (non-hydrogen) atoms. The highest BCUT2D eigenvalue weighted by atomic mass is 14.9. The first-order chi connectivity index (χ1) is 15.2. The zero-order valence-electron chi connectivity index (χ0n) is 18.4. The Morgan fingerprint density at radius 1 is 0.742 bits per heavy atom. The van der Waals surface area contributed by atoms with Crippen LogP contribution in [0.2, 0.25) is 0 Å². The fourth-order valence-electron chi connectivity index (χ4n) is 4.02. The van der Waals surface area contributed by atoms with Gasteiger partial charge in [0.1, 0.15) is 0 Å². The fourth-order valence-corrected chi connectivity index (χ4v) is 4.02. The van der Waals surface area contributed by atoms with Crippen LogP contribution in [0.3, 0.4) is 0 Å². The third kappa shape index (κ3) is 6.65. The molecule has 1 atom stereocenters. The smallest absolute Gasteiger partial charge is 0.0401 e. The number of hydrogen-bond acceptors (Lipinski definition) is 3. The topological polar surface area (TPSA) is 36.1 Å². The Morgan fingerprint density at radius 3 is 2.03 bits per heavy atom. The fraction of sp³-hybridized carbons (Fsp3) is 0.286. The largest absolute Gasteiger partial charge is 0.381 e. The Morgan fingerprint density at radius 2 is 1.39 bits per heavy atom. The van der Waals surface area contributed by atoms with Crippen molar-refractivity contribution in [2.75, 3.05) is 5.32 Å². The Kier molecular flexibility index (Phi) is 7.28. The summed E-state index contributed by atoms with van der Waals surface area (Å²) in [4.78, 5) is 0. The molecule has 0 fully saturated rings. The molecule has 0 spiro atoms. The van der Waals surface area contributed by atoms with E-state index in [4.69, 9.17) is 0 Å². The molecule has 0 aliphatic heterocycles. The van der Waals surface area contributed by atoms with Crippen molar-refractivity contribution in [2.45, 2.75) is 45.8 Å². The second kappa shape index (κ2) is 10.7. The maximum absolute atomic E-state index is 3.61. The van der Waals surface area contributed by atoms with Crippen molar-refractivity contribution in [1.82, 2.24) is 10.6 Å². The second-order valence-electron chi connectivity index (χ2n) is 8.46. The van der Waals surface area contributed by atoms with E-state index in [1.54, 1.807) is 0 Å². The molecule has 160 valence electrons. The minimum Gasteiger partial charge on any atom is -0.381 e. The van der Waals surface area contributed by atoms with Gasteiger partial charge < -0.3 is 16.0 Å². The molecule has 0 radical (unpaired) electrons. The summed E-state index contributed by atoms with van der Waals surface area (Å²) in [7, 11) is 0. The van der Waals surface area contributed by atoms with Crippen LogP contribution in [-0.4, -0.2) is 0 Å². The van der Waals surface area contributed by atoms with Gasteiger partial charge in [-0.05, 0) is 66.2 Å². The van der Waals surface area contributed by atoms with E-state index in [-0.39, 0.29) is 0 Å². The van der Waals surface area contributed by atoms with E-state index in [1.807, 2.05) is 6.07 Å². The molecule has 3 N–H and O–H groups in total. The molecule has 1 unspecified atom stereocenters. The van der Waals surface area contributed by atoms with E-state index >= 15 is 0 Å². The number of rotatable bonds is 9. The average molecular weight is 412 g/mol. The van der Waals surface area contributed by atoms with E-state index in [0.717, 1.165) is 44.6 Å². The number of anilines is 1. The predicted octanol–water partition coefficient (Wildman–Crippen LogP) is 6.19. The summed E-state index contributed by atoms with van der Waals surface area (Å²) < 4.78 is 0. The summed E-state index contributed by atoms with van der Waals surface area (Å²) >= 11 is 0. The van der Waals surface area contributed by atoms with Crippen LogP contribution in [0.4, 0.5) is 5.69 Å². The van der Waals surface area contributed by atoms with Gasteiger partial charge in [0.25, 0.3) is 0 Å². The second-order valence-corrected chi connectivity index (χ2v) is 8.46. The summed E-state index contributed by atoms with van der Waals surface area (Å²) in [6.45, 7) is 4.74. The summed E-state index contributed by atoms with van der Waals surface area (Å²) in [5.74, 6) is 0.602. The van der Waals surface area contributed by atoms with Crippen molar-refractivity contribution in [3.8, 4) is 0 Å². The molecule has 0 heterocycles. The van der Waals surface area contributed by atoms with E-state index in [0.29, 0.717) is 5.92 Å². The molecule has 0 saturated heterocycles. The van der Waals surface area contributed by atoms with Gasteiger partial charge in [-0.15, -0.1) is 0 Å². The van der Waals surface area contributed by atoms with Crippen molar-refractivity contribution in [2.24, 2.45) is 5.92 Å². The van der Waals surface area contributed by atoms with Gasteiger partial charge in [0, 0.05) is 36.7 Å². The number of para-hydroxylation sites is 1. The number of benzene rings is 2. The lowest BCUT2D eigenvalue weighted by atomic mass is 10.0. The summed E-state index contributed by atoms with van der Waals surface area (Å²) in [6.07, 6.45) is 16.9. The van der Waals surface area contributed by atoms with Crippen LogP contribution in [0.25, 0.3) is 0 Å². The normalized spacial score (nSPS) is 17.6. The first kappa shape index (κ1) is 21.0.